The second-order valence-corrected chi connectivity index (χ2v) is 5.72. The number of hydrogen-bond donors (Lipinski definition) is 2. The highest BCUT2D eigenvalue weighted by Gasteiger charge is 2.48. The van der Waals surface area contributed by atoms with E-state index in [2.05, 4.69) is 10.6 Å². The van der Waals surface area contributed by atoms with Crippen LogP contribution in [0.1, 0.15) is 39.5 Å². The molecule has 2 saturated heterocycles. The zero-order valence-electron chi connectivity index (χ0n) is 12.6. The highest BCUT2D eigenvalue weighted by atomic mass is 16.5. The number of likely N-dealkylation sites (tertiary alicyclic amines) is 1. The Balaban J connectivity index is 1.84. The van der Waals surface area contributed by atoms with Crippen LogP contribution in [0.15, 0.2) is 0 Å². The smallest absolute Gasteiger partial charge is 0.323 e. The third-order valence-electron chi connectivity index (χ3n) is 4.30. The summed E-state index contributed by atoms with van der Waals surface area (Å²) in [4.78, 5) is 37.0. The van der Waals surface area contributed by atoms with E-state index in [0.717, 1.165) is 12.8 Å². The topological polar surface area (TPSA) is 87.7 Å². The molecule has 0 aromatic rings. The number of esters is 1. The number of imide groups is 1. The first-order valence-corrected chi connectivity index (χ1v) is 7.53. The van der Waals surface area contributed by atoms with E-state index in [-0.39, 0.29) is 17.9 Å². The van der Waals surface area contributed by atoms with Gasteiger partial charge in [-0.05, 0) is 26.2 Å². The lowest BCUT2D eigenvalue weighted by Crippen LogP contribution is -2.57. The van der Waals surface area contributed by atoms with Gasteiger partial charge in [0.05, 0.1) is 6.61 Å². The van der Waals surface area contributed by atoms with Gasteiger partial charge < -0.3 is 10.1 Å². The van der Waals surface area contributed by atoms with Gasteiger partial charge in [-0.1, -0.05) is 13.3 Å². The molecule has 2 N–H and O–H groups in total. The van der Waals surface area contributed by atoms with Gasteiger partial charge in [0.1, 0.15) is 11.6 Å². The summed E-state index contributed by atoms with van der Waals surface area (Å²) in [6.45, 7) is 5.48. The van der Waals surface area contributed by atoms with Crippen molar-refractivity contribution in [3.8, 4) is 0 Å². The summed E-state index contributed by atoms with van der Waals surface area (Å²) < 4.78 is 5.22. The van der Waals surface area contributed by atoms with Crippen LogP contribution in [0.4, 0.5) is 4.79 Å². The molecular weight excluding hydrogens is 274 g/mol. The first kappa shape index (κ1) is 15.8. The molecule has 1 spiro atoms. The Kier molecular flexibility index (Phi) is 4.82. The van der Waals surface area contributed by atoms with Crippen LogP contribution in [-0.4, -0.2) is 54.1 Å². The summed E-state index contributed by atoms with van der Waals surface area (Å²) in [5.41, 5.74) is -0.792. The molecule has 1 unspecified atom stereocenters. The minimum Gasteiger partial charge on any atom is -0.465 e. The van der Waals surface area contributed by atoms with Gasteiger partial charge in [-0.3, -0.25) is 19.8 Å². The van der Waals surface area contributed by atoms with Crippen molar-refractivity contribution in [2.45, 2.75) is 51.1 Å². The van der Waals surface area contributed by atoms with Crippen LogP contribution >= 0.6 is 0 Å². The maximum Gasteiger partial charge on any atom is 0.323 e. The zero-order valence-corrected chi connectivity index (χ0v) is 12.6. The lowest BCUT2D eigenvalue weighted by atomic mass is 9.87. The number of carbonyl (C=O) groups excluding carboxylic acids is 3. The number of urea groups is 1. The first-order chi connectivity index (χ1) is 9.98. The van der Waals surface area contributed by atoms with Gasteiger partial charge in [-0.25, -0.2) is 4.79 Å². The van der Waals surface area contributed by atoms with Gasteiger partial charge in [0.15, 0.2) is 0 Å². The molecule has 2 aliphatic rings. The number of unbranched alkanes of at least 4 members (excludes halogenated alkanes) is 1. The number of rotatable bonds is 5. The average molecular weight is 297 g/mol. The number of carbonyl (C=O) groups is 3. The van der Waals surface area contributed by atoms with Crippen molar-refractivity contribution in [2.24, 2.45) is 0 Å². The molecule has 2 heterocycles. The van der Waals surface area contributed by atoms with Crippen LogP contribution < -0.4 is 10.6 Å². The molecule has 2 aliphatic heterocycles. The van der Waals surface area contributed by atoms with Crippen molar-refractivity contribution >= 4 is 17.9 Å². The fraction of sp³-hybridized carbons (Fsp3) is 0.786. The van der Waals surface area contributed by atoms with E-state index in [0.29, 0.717) is 32.5 Å². The highest BCUT2D eigenvalue weighted by Crippen LogP contribution is 2.26. The predicted molar refractivity (Wildman–Crippen MR) is 75.5 cm³/mol. The molecule has 3 amide bonds. The standard InChI is InChI=1S/C14H23N3O4/c1-3-4-9-21-11(18)10(2)17-7-5-14(6-8-17)12(19)15-13(20)16-14/h10H,3-9H2,1-2H3,(H2,15,16,19,20). The Morgan fingerprint density at radius 1 is 1.38 bits per heavy atom. The second-order valence-electron chi connectivity index (χ2n) is 5.72. The summed E-state index contributed by atoms with van der Waals surface area (Å²) >= 11 is 0. The van der Waals surface area contributed by atoms with E-state index < -0.39 is 11.6 Å². The van der Waals surface area contributed by atoms with E-state index in [1.165, 1.54) is 0 Å². The molecule has 0 aromatic heterocycles. The van der Waals surface area contributed by atoms with Crippen LogP contribution in [0.2, 0.25) is 0 Å². The molecule has 7 nitrogen and oxygen atoms in total. The molecule has 0 aliphatic carbocycles. The minimum absolute atomic E-state index is 0.223. The third kappa shape index (κ3) is 3.34. The molecule has 1 atom stereocenters. The number of ether oxygens (including phenoxy) is 1. The van der Waals surface area contributed by atoms with E-state index >= 15 is 0 Å². The molecule has 0 bridgehead atoms. The Labute approximate surface area is 124 Å². The van der Waals surface area contributed by atoms with Crippen molar-refractivity contribution < 1.29 is 19.1 Å². The van der Waals surface area contributed by atoms with E-state index in [1.807, 2.05) is 18.7 Å². The van der Waals surface area contributed by atoms with Crippen molar-refractivity contribution in [1.29, 1.82) is 0 Å². The summed E-state index contributed by atoms with van der Waals surface area (Å²) in [6.07, 6.45) is 2.88. The molecule has 0 saturated carbocycles. The number of amides is 3. The number of piperidine rings is 1. The normalized spacial score (nSPS) is 22.8. The number of hydrogen-bond acceptors (Lipinski definition) is 5. The lowest BCUT2D eigenvalue weighted by Gasteiger charge is -2.38. The first-order valence-electron chi connectivity index (χ1n) is 7.53. The predicted octanol–water partition coefficient (Wildman–Crippen LogP) is 0.392. The highest BCUT2D eigenvalue weighted by molar-refractivity contribution is 6.07. The van der Waals surface area contributed by atoms with E-state index in [1.54, 1.807) is 0 Å². The summed E-state index contributed by atoms with van der Waals surface area (Å²) in [7, 11) is 0. The lowest BCUT2D eigenvalue weighted by molar-refractivity contribution is -0.150. The maximum absolute atomic E-state index is 11.9. The summed E-state index contributed by atoms with van der Waals surface area (Å²) in [6, 6.07) is -0.750. The monoisotopic (exact) mass is 297 g/mol. The molecule has 2 fully saturated rings. The van der Waals surface area contributed by atoms with Gasteiger partial charge in [0, 0.05) is 13.1 Å². The largest absolute Gasteiger partial charge is 0.465 e. The Morgan fingerprint density at radius 3 is 2.57 bits per heavy atom. The Bertz CT molecular complexity index is 430. The molecule has 0 radical (unpaired) electrons. The minimum atomic E-state index is -0.792. The van der Waals surface area contributed by atoms with Gasteiger partial charge >= 0.3 is 12.0 Å². The molecular formula is C14H23N3O4. The number of nitrogens with one attached hydrogen (secondary N) is 2. The second kappa shape index (κ2) is 6.43. The van der Waals surface area contributed by atoms with Gasteiger partial charge in [0.25, 0.3) is 5.91 Å². The molecule has 0 aromatic carbocycles. The zero-order chi connectivity index (χ0) is 15.5. The average Bonchev–Trinajstić information content (AvgIpc) is 2.73. The van der Waals surface area contributed by atoms with Crippen LogP contribution in [0.3, 0.4) is 0 Å². The van der Waals surface area contributed by atoms with Crippen molar-refractivity contribution in [3.63, 3.8) is 0 Å². The van der Waals surface area contributed by atoms with Crippen LogP contribution in [-0.2, 0) is 14.3 Å². The van der Waals surface area contributed by atoms with Gasteiger partial charge in [-0.15, -0.1) is 0 Å². The summed E-state index contributed by atoms with van der Waals surface area (Å²) in [5, 5.41) is 4.99. The molecule has 2 rings (SSSR count). The molecule has 7 heteroatoms. The van der Waals surface area contributed by atoms with Crippen LogP contribution in [0.5, 0.6) is 0 Å². The maximum atomic E-state index is 11.9. The van der Waals surface area contributed by atoms with Gasteiger partial charge in [-0.2, -0.15) is 0 Å². The van der Waals surface area contributed by atoms with Crippen molar-refractivity contribution in [2.75, 3.05) is 19.7 Å². The Hall–Kier alpha value is -1.63. The van der Waals surface area contributed by atoms with E-state index in [4.69, 9.17) is 4.74 Å². The third-order valence-corrected chi connectivity index (χ3v) is 4.30. The van der Waals surface area contributed by atoms with Crippen LogP contribution in [0.25, 0.3) is 0 Å². The van der Waals surface area contributed by atoms with Crippen molar-refractivity contribution in [1.82, 2.24) is 15.5 Å². The van der Waals surface area contributed by atoms with Gasteiger partial charge in [0.2, 0.25) is 0 Å². The Morgan fingerprint density at radius 2 is 2.05 bits per heavy atom. The SMILES string of the molecule is CCCCOC(=O)C(C)N1CCC2(CC1)NC(=O)NC2=O. The molecule has 118 valence electrons. The van der Waals surface area contributed by atoms with Crippen LogP contribution in [0, 0.1) is 0 Å². The quantitative estimate of drug-likeness (QED) is 0.435. The van der Waals surface area contributed by atoms with Crippen molar-refractivity contribution in [3.05, 3.63) is 0 Å². The van der Waals surface area contributed by atoms with E-state index in [9.17, 15) is 14.4 Å². The number of nitrogens with zero attached hydrogens (tertiary/aromatic N) is 1. The fourth-order valence-corrected chi connectivity index (χ4v) is 2.76. The summed E-state index contributed by atoms with van der Waals surface area (Å²) in [5.74, 6) is -0.482. The fourth-order valence-electron chi connectivity index (χ4n) is 2.76. The molecule has 21 heavy (non-hydrogen) atoms.